The number of fused-ring (bicyclic) bond motifs is 3. The van der Waals surface area contributed by atoms with Gasteiger partial charge in [-0.05, 0) is 23.9 Å². The molecule has 0 fully saturated rings. The van der Waals surface area contributed by atoms with E-state index in [4.69, 9.17) is 0 Å². The van der Waals surface area contributed by atoms with Crippen LogP contribution >= 0.6 is 11.8 Å². The first-order chi connectivity index (χ1) is 10.5. The van der Waals surface area contributed by atoms with E-state index in [-0.39, 0.29) is 16.7 Å². The summed E-state index contributed by atoms with van der Waals surface area (Å²) in [5.41, 5.74) is -2.97. The molecular weight excluding hydrogens is 311 g/mol. The molecule has 0 aliphatic heterocycles. The summed E-state index contributed by atoms with van der Waals surface area (Å²) in [7, 11) is 1.55. The second-order valence-electron chi connectivity index (χ2n) is 4.52. The van der Waals surface area contributed by atoms with E-state index < -0.39 is 5.51 Å². The molecule has 0 aliphatic rings. The monoisotopic (exact) mass is 321 g/mol. The predicted molar refractivity (Wildman–Crippen MR) is 82.5 cm³/mol. The van der Waals surface area contributed by atoms with Gasteiger partial charge < -0.3 is 0 Å². The second-order valence-corrected chi connectivity index (χ2v) is 5.62. The number of pyridine rings is 2. The van der Waals surface area contributed by atoms with Crippen molar-refractivity contribution in [1.82, 2.24) is 9.97 Å². The first-order valence-electron chi connectivity index (χ1n) is 6.34. The molecule has 3 rings (SSSR count). The molecule has 112 valence electrons. The first kappa shape index (κ1) is 14.8. The number of aliphatic imine (C=N–C) groups is 1. The van der Waals surface area contributed by atoms with Gasteiger partial charge in [0.05, 0.1) is 16.7 Å². The van der Waals surface area contributed by atoms with Gasteiger partial charge in [-0.3, -0.25) is 9.98 Å². The fourth-order valence-corrected chi connectivity index (χ4v) is 2.93. The predicted octanol–water partition coefficient (Wildman–Crippen LogP) is 4.44. The molecule has 2 aromatic heterocycles. The Labute approximate surface area is 128 Å². The Kier molecular flexibility index (Phi) is 3.74. The molecule has 2 heterocycles. The molecule has 0 bridgehead atoms. The molecule has 3 aromatic rings. The topological polar surface area (TPSA) is 38.1 Å². The lowest BCUT2D eigenvalue weighted by atomic mass is 10.1. The average molecular weight is 321 g/mol. The molecule has 22 heavy (non-hydrogen) atoms. The van der Waals surface area contributed by atoms with Crippen LogP contribution in [0.3, 0.4) is 0 Å². The van der Waals surface area contributed by atoms with Crippen LogP contribution in [0.2, 0.25) is 0 Å². The standard InChI is InChI=1S/C15H10F3N3S/c1-19-8-10-7-12(22-15(16,17)18)11-5-4-9-3-2-6-20-13(9)14(11)21-10/h2-8H,1H3/b19-8+. The van der Waals surface area contributed by atoms with Gasteiger partial charge in [-0.15, -0.1) is 0 Å². The quantitative estimate of drug-likeness (QED) is 0.398. The number of nitrogens with zero attached hydrogens (tertiary/aromatic N) is 3. The zero-order valence-corrected chi connectivity index (χ0v) is 12.2. The Morgan fingerprint density at radius 1 is 1.18 bits per heavy atom. The molecule has 3 nitrogen and oxygen atoms in total. The summed E-state index contributed by atoms with van der Waals surface area (Å²) in [6, 6.07) is 8.41. The van der Waals surface area contributed by atoms with Crippen molar-refractivity contribution in [3.8, 4) is 0 Å². The van der Waals surface area contributed by atoms with E-state index in [1.165, 1.54) is 12.3 Å². The number of rotatable bonds is 2. The SMILES string of the molecule is C/N=C/c1cc(SC(F)(F)F)c2ccc3cccnc3c2n1. The summed E-state index contributed by atoms with van der Waals surface area (Å²) < 4.78 is 38.4. The maximum Gasteiger partial charge on any atom is 0.446 e. The fourth-order valence-electron chi connectivity index (χ4n) is 2.22. The van der Waals surface area contributed by atoms with Crippen LogP contribution < -0.4 is 0 Å². The van der Waals surface area contributed by atoms with Gasteiger partial charge in [0.2, 0.25) is 0 Å². The number of hydrogen-bond donors (Lipinski definition) is 0. The number of benzene rings is 1. The van der Waals surface area contributed by atoms with Crippen LogP contribution in [-0.2, 0) is 0 Å². The molecule has 0 N–H and O–H groups in total. The highest BCUT2D eigenvalue weighted by atomic mass is 32.2. The van der Waals surface area contributed by atoms with Crippen molar-refractivity contribution in [2.75, 3.05) is 7.05 Å². The molecule has 0 spiro atoms. The summed E-state index contributed by atoms with van der Waals surface area (Å²) in [4.78, 5) is 12.6. The van der Waals surface area contributed by atoms with E-state index in [2.05, 4.69) is 15.0 Å². The molecule has 0 saturated carbocycles. The van der Waals surface area contributed by atoms with Crippen LogP contribution in [-0.4, -0.2) is 28.7 Å². The maximum atomic E-state index is 12.8. The van der Waals surface area contributed by atoms with Gasteiger partial charge in [-0.1, -0.05) is 18.2 Å². The van der Waals surface area contributed by atoms with E-state index in [1.54, 1.807) is 31.4 Å². The van der Waals surface area contributed by atoms with Crippen molar-refractivity contribution in [3.63, 3.8) is 0 Å². The third kappa shape index (κ3) is 2.89. The molecular formula is C15H10F3N3S. The van der Waals surface area contributed by atoms with E-state index in [9.17, 15) is 13.2 Å². The average Bonchev–Trinajstić information content (AvgIpc) is 2.46. The lowest BCUT2D eigenvalue weighted by molar-refractivity contribution is -0.0327. The number of thioether (sulfide) groups is 1. The van der Waals surface area contributed by atoms with Crippen molar-refractivity contribution in [2.45, 2.75) is 10.4 Å². The minimum Gasteiger partial charge on any atom is -0.294 e. The minimum atomic E-state index is -4.37. The third-order valence-corrected chi connectivity index (χ3v) is 3.81. The number of aromatic nitrogens is 2. The Hall–Kier alpha value is -2.15. The van der Waals surface area contributed by atoms with Crippen molar-refractivity contribution in [3.05, 3.63) is 42.2 Å². The van der Waals surface area contributed by atoms with E-state index >= 15 is 0 Å². The smallest absolute Gasteiger partial charge is 0.294 e. The van der Waals surface area contributed by atoms with Crippen LogP contribution in [0, 0.1) is 0 Å². The van der Waals surface area contributed by atoms with Crippen LogP contribution in [0.25, 0.3) is 21.8 Å². The molecule has 0 aliphatic carbocycles. The highest BCUT2D eigenvalue weighted by Gasteiger charge is 2.30. The first-order valence-corrected chi connectivity index (χ1v) is 7.16. The van der Waals surface area contributed by atoms with E-state index in [1.807, 2.05) is 6.07 Å². The molecule has 0 radical (unpaired) electrons. The summed E-state index contributed by atoms with van der Waals surface area (Å²) in [6.45, 7) is 0. The lowest BCUT2D eigenvalue weighted by Gasteiger charge is -2.11. The van der Waals surface area contributed by atoms with Crippen LogP contribution in [0.1, 0.15) is 5.69 Å². The lowest BCUT2D eigenvalue weighted by Crippen LogP contribution is -2.01. The number of alkyl halides is 3. The number of hydrogen-bond acceptors (Lipinski definition) is 4. The third-order valence-electron chi connectivity index (χ3n) is 3.02. The Bertz CT molecular complexity index is 875. The van der Waals surface area contributed by atoms with Gasteiger partial charge in [0.25, 0.3) is 0 Å². The van der Waals surface area contributed by atoms with Gasteiger partial charge >= 0.3 is 5.51 Å². The highest BCUT2D eigenvalue weighted by Crippen LogP contribution is 2.41. The van der Waals surface area contributed by atoms with Crippen LogP contribution in [0.4, 0.5) is 13.2 Å². The van der Waals surface area contributed by atoms with Crippen LogP contribution in [0.5, 0.6) is 0 Å². The largest absolute Gasteiger partial charge is 0.446 e. The van der Waals surface area contributed by atoms with Crippen molar-refractivity contribution in [2.24, 2.45) is 4.99 Å². The van der Waals surface area contributed by atoms with Crippen molar-refractivity contribution >= 4 is 39.8 Å². The maximum absolute atomic E-state index is 12.8. The second kappa shape index (κ2) is 5.57. The molecule has 0 saturated heterocycles. The van der Waals surface area contributed by atoms with E-state index in [0.29, 0.717) is 22.1 Å². The van der Waals surface area contributed by atoms with Crippen LogP contribution in [0.15, 0.2) is 46.4 Å². The zero-order valence-electron chi connectivity index (χ0n) is 11.4. The van der Waals surface area contributed by atoms with Crippen molar-refractivity contribution in [1.29, 1.82) is 0 Å². The Morgan fingerprint density at radius 3 is 2.73 bits per heavy atom. The number of halogens is 3. The summed E-state index contributed by atoms with van der Waals surface area (Å²) in [6.07, 6.45) is 3.03. The zero-order chi connectivity index (χ0) is 15.7. The Balaban J connectivity index is 2.35. The highest BCUT2D eigenvalue weighted by molar-refractivity contribution is 8.00. The van der Waals surface area contributed by atoms with Gasteiger partial charge in [0.15, 0.2) is 0 Å². The molecule has 0 unspecified atom stereocenters. The van der Waals surface area contributed by atoms with Gasteiger partial charge in [-0.25, -0.2) is 4.98 Å². The fraction of sp³-hybridized carbons (Fsp3) is 0.133. The van der Waals surface area contributed by atoms with Crippen molar-refractivity contribution < 1.29 is 13.2 Å². The van der Waals surface area contributed by atoms with E-state index in [0.717, 1.165) is 5.39 Å². The Morgan fingerprint density at radius 2 is 2.00 bits per heavy atom. The summed E-state index contributed by atoms with van der Waals surface area (Å²) >= 11 is -0.151. The van der Waals surface area contributed by atoms with Gasteiger partial charge in [0.1, 0.15) is 0 Å². The molecule has 0 atom stereocenters. The molecule has 1 aromatic carbocycles. The minimum absolute atomic E-state index is 0.0972. The van der Waals surface area contributed by atoms with Gasteiger partial charge in [0, 0.05) is 35.1 Å². The molecule has 0 amide bonds. The van der Waals surface area contributed by atoms with Gasteiger partial charge in [-0.2, -0.15) is 13.2 Å². The normalized spacial score (nSPS) is 12.5. The molecule has 7 heteroatoms. The summed E-state index contributed by atoms with van der Waals surface area (Å²) in [5, 5.41) is 1.26. The summed E-state index contributed by atoms with van der Waals surface area (Å²) in [5.74, 6) is 0.